The summed E-state index contributed by atoms with van der Waals surface area (Å²) in [5.41, 5.74) is 2.18. The van der Waals surface area contributed by atoms with Gasteiger partial charge in [-0.1, -0.05) is 12.1 Å². The Balaban J connectivity index is 1.74. The van der Waals surface area contributed by atoms with Crippen LogP contribution in [0, 0.1) is 10.1 Å². The molecule has 0 aliphatic carbocycles. The van der Waals surface area contributed by atoms with E-state index in [1.54, 1.807) is 36.5 Å². The van der Waals surface area contributed by atoms with Gasteiger partial charge in [0.05, 0.1) is 20.9 Å². The maximum absolute atomic E-state index is 11.3. The number of nitro groups is 1. The third kappa shape index (κ3) is 3.79. The van der Waals surface area contributed by atoms with Gasteiger partial charge in [0.1, 0.15) is 5.52 Å². The SMILES string of the molecule is NS(=O)(=O)c1ccc(CCNc2ccc([N+](=O)[O-])c3cccnc23)cc1. The number of hydrogen-bond acceptors (Lipinski definition) is 6. The van der Waals surface area contributed by atoms with Gasteiger partial charge in [0, 0.05) is 18.8 Å². The monoisotopic (exact) mass is 372 g/mol. The molecule has 0 saturated heterocycles. The molecule has 9 heteroatoms. The van der Waals surface area contributed by atoms with Gasteiger partial charge in [-0.05, 0) is 42.3 Å². The van der Waals surface area contributed by atoms with Gasteiger partial charge in [0.25, 0.3) is 5.69 Å². The lowest BCUT2D eigenvalue weighted by Gasteiger charge is -2.10. The average molecular weight is 372 g/mol. The van der Waals surface area contributed by atoms with Crippen molar-refractivity contribution in [3.05, 3.63) is 70.4 Å². The van der Waals surface area contributed by atoms with Crippen LogP contribution in [0.25, 0.3) is 10.9 Å². The van der Waals surface area contributed by atoms with E-state index in [1.165, 1.54) is 18.2 Å². The van der Waals surface area contributed by atoms with E-state index in [4.69, 9.17) is 5.14 Å². The van der Waals surface area contributed by atoms with E-state index in [0.29, 0.717) is 29.6 Å². The Morgan fingerprint density at radius 3 is 2.50 bits per heavy atom. The fourth-order valence-electron chi connectivity index (χ4n) is 2.65. The Labute approximate surface area is 149 Å². The molecule has 0 bridgehead atoms. The Hall–Kier alpha value is -3.04. The van der Waals surface area contributed by atoms with Crippen LogP contribution in [0.15, 0.2) is 59.6 Å². The molecule has 0 spiro atoms. The summed E-state index contributed by atoms with van der Waals surface area (Å²) >= 11 is 0. The molecular weight excluding hydrogens is 356 g/mol. The van der Waals surface area contributed by atoms with E-state index in [2.05, 4.69) is 10.3 Å². The highest BCUT2D eigenvalue weighted by Gasteiger charge is 2.14. The number of aromatic nitrogens is 1. The number of benzene rings is 2. The molecule has 0 aliphatic heterocycles. The van der Waals surface area contributed by atoms with Crippen LogP contribution in [0.1, 0.15) is 5.56 Å². The van der Waals surface area contributed by atoms with Crippen molar-refractivity contribution >= 4 is 32.3 Å². The van der Waals surface area contributed by atoms with E-state index in [9.17, 15) is 18.5 Å². The lowest BCUT2D eigenvalue weighted by atomic mass is 10.1. The highest BCUT2D eigenvalue weighted by Crippen LogP contribution is 2.29. The standard InChI is InChI=1S/C17H16N4O4S/c18-26(24,25)13-5-3-12(4-6-13)9-11-19-15-7-8-16(21(22)23)14-2-1-10-20-17(14)15/h1-8,10,19H,9,11H2,(H2,18,24,25). The highest BCUT2D eigenvalue weighted by atomic mass is 32.2. The number of nitrogens with one attached hydrogen (secondary N) is 1. The van der Waals surface area contributed by atoms with E-state index >= 15 is 0 Å². The van der Waals surface area contributed by atoms with Crippen LogP contribution in [0.4, 0.5) is 11.4 Å². The molecule has 0 fully saturated rings. The summed E-state index contributed by atoms with van der Waals surface area (Å²) in [6.07, 6.45) is 2.22. The van der Waals surface area contributed by atoms with Gasteiger partial charge in [-0.2, -0.15) is 0 Å². The quantitative estimate of drug-likeness (QED) is 0.505. The minimum Gasteiger partial charge on any atom is -0.383 e. The molecule has 0 atom stereocenters. The largest absolute Gasteiger partial charge is 0.383 e. The van der Waals surface area contributed by atoms with Gasteiger partial charge in [-0.3, -0.25) is 15.1 Å². The predicted octanol–water partition coefficient (Wildman–Crippen LogP) is 2.45. The van der Waals surface area contributed by atoms with Crippen molar-refractivity contribution in [3.63, 3.8) is 0 Å². The van der Waals surface area contributed by atoms with Crippen molar-refractivity contribution in [3.8, 4) is 0 Å². The van der Waals surface area contributed by atoms with Crippen molar-refractivity contribution in [2.45, 2.75) is 11.3 Å². The maximum atomic E-state index is 11.3. The molecule has 0 amide bonds. The van der Waals surface area contributed by atoms with Crippen LogP contribution in [0.2, 0.25) is 0 Å². The zero-order valence-corrected chi connectivity index (χ0v) is 14.4. The first-order chi connectivity index (χ1) is 12.4. The minimum absolute atomic E-state index is 0.0113. The van der Waals surface area contributed by atoms with Crippen molar-refractivity contribution in [2.24, 2.45) is 5.14 Å². The zero-order chi connectivity index (χ0) is 18.7. The molecule has 26 heavy (non-hydrogen) atoms. The fourth-order valence-corrected chi connectivity index (χ4v) is 3.16. The summed E-state index contributed by atoms with van der Waals surface area (Å²) in [5.74, 6) is 0. The molecule has 0 saturated carbocycles. The van der Waals surface area contributed by atoms with Crippen molar-refractivity contribution < 1.29 is 13.3 Å². The van der Waals surface area contributed by atoms with Crippen molar-refractivity contribution in [2.75, 3.05) is 11.9 Å². The Kier molecular flexibility index (Phi) is 4.83. The molecule has 3 N–H and O–H groups in total. The summed E-state index contributed by atoms with van der Waals surface area (Å²) in [7, 11) is -3.70. The zero-order valence-electron chi connectivity index (χ0n) is 13.6. The number of anilines is 1. The van der Waals surface area contributed by atoms with E-state index < -0.39 is 14.9 Å². The lowest BCUT2D eigenvalue weighted by Crippen LogP contribution is -2.12. The molecule has 3 aromatic rings. The number of sulfonamides is 1. The summed E-state index contributed by atoms with van der Waals surface area (Å²) < 4.78 is 22.5. The summed E-state index contributed by atoms with van der Waals surface area (Å²) in [6, 6.07) is 12.7. The van der Waals surface area contributed by atoms with Gasteiger partial charge < -0.3 is 5.32 Å². The predicted molar refractivity (Wildman–Crippen MR) is 98.4 cm³/mol. The number of non-ortho nitro benzene ring substituents is 1. The molecule has 2 aromatic carbocycles. The van der Waals surface area contributed by atoms with Gasteiger partial charge >= 0.3 is 0 Å². The normalized spacial score (nSPS) is 11.4. The first-order valence-electron chi connectivity index (χ1n) is 7.74. The topological polar surface area (TPSA) is 128 Å². The summed E-state index contributed by atoms with van der Waals surface area (Å²) in [5, 5.41) is 19.9. The second-order valence-electron chi connectivity index (χ2n) is 5.65. The Bertz CT molecular complexity index is 1070. The van der Waals surface area contributed by atoms with E-state index in [1.807, 2.05) is 0 Å². The highest BCUT2D eigenvalue weighted by molar-refractivity contribution is 7.89. The van der Waals surface area contributed by atoms with Gasteiger partial charge in [-0.15, -0.1) is 0 Å². The number of fused-ring (bicyclic) bond motifs is 1. The minimum atomic E-state index is -3.70. The fraction of sp³-hybridized carbons (Fsp3) is 0.118. The van der Waals surface area contributed by atoms with Crippen molar-refractivity contribution in [1.82, 2.24) is 4.98 Å². The van der Waals surface area contributed by atoms with E-state index in [0.717, 1.165) is 5.56 Å². The van der Waals surface area contributed by atoms with E-state index in [-0.39, 0.29) is 10.6 Å². The molecule has 0 radical (unpaired) electrons. The first-order valence-corrected chi connectivity index (χ1v) is 9.28. The second kappa shape index (κ2) is 7.06. The summed E-state index contributed by atoms with van der Waals surface area (Å²) in [4.78, 5) is 15.0. The Morgan fingerprint density at radius 1 is 1.12 bits per heavy atom. The average Bonchev–Trinajstić information content (AvgIpc) is 2.61. The third-order valence-corrected chi connectivity index (χ3v) is 4.85. The smallest absolute Gasteiger partial charge is 0.278 e. The van der Waals surface area contributed by atoms with Crippen LogP contribution in [0.3, 0.4) is 0 Å². The van der Waals surface area contributed by atoms with Gasteiger partial charge in [0.15, 0.2) is 0 Å². The maximum Gasteiger partial charge on any atom is 0.278 e. The molecule has 3 rings (SSSR count). The molecule has 1 heterocycles. The number of hydrogen-bond donors (Lipinski definition) is 2. The lowest BCUT2D eigenvalue weighted by molar-refractivity contribution is -0.383. The Morgan fingerprint density at radius 2 is 1.85 bits per heavy atom. The molecule has 0 aliphatic rings. The molecule has 1 aromatic heterocycles. The molecule has 134 valence electrons. The number of pyridine rings is 1. The summed E-state index contributed by atoms with van der Waals surface area (Å²) in [6.45, 7) is 0.554. The second-order valence-corrected chi connectivity index (χ2v) is 7.22. The molecule has 0 unspecified atom stereocenters. The molecular formula is C17H16N4O4S. The number of primary sulfonamides is 1. The number of rotatable bonds is 6. The van der Waals surface area contributed by atoms with Crippen molar-refractivity contribution in [1.29, 1.82) is 0 Å². The number of nitrogens with two attached hydrogens (primary N) is 1. The molecule has 8 nitrogen and oxygen atoms in total. The van der Waals surface area contributed by atoms with Crippen LogP contribution in [-0.4, -0.2) is 24.9 Å². The van der Waals surface area contributed by atoms with Crippen LogP contribution < -0.4 is 10.5 Å². The third-order valence-electron chi connectivity index (χ3n) is 3.92. The number of nitrogens with zero attached hydrogens (tertiary/aromatic N) is 2. The van der Waals surface area contributed by atoms with Crippen LogP contribution in [-0.2, 0) is 16.4 Å². The van der Waals surface area contributed by atoms with Crippen LogP contribution in [0.5, 0.6) is 0 Å². The van der Waals surface area contributed by atoms with Crippen LogP contribution >= 0.6 is 0 Å². The first kappa shape index (κ1) is 17.8. The van der Waals surface area contributed by atoms with Gasteiger partial charge in [0.2, 0.25) is 10.0 Å². The van der Waals surface area contributed by atoms with Gasteiger partial charge in [-0.25, -0.2) is 13.6 Å². The number of nitro benzene ring substituents is 1.